The van der Waals surface area contributed by atoms with E-state index in [2.05, 4.69) is 6.92 Å². The molecule has 6 nitrogen and oxygen atoms in total. The third kappa shape index (κ3) is 8.01. The second kappa shape index (κ2) is 12.9. The number of sulfonamides is 1. The van der Waals surface area contributed by atoms with Crippen molar-refractivity contribution in [1.82, 2.24) is 9.21 Å². The molecule has 2 atom stereocenters. The van der Waals surface area contributed by atoms with E-state index in [9.17, 15) is 22.7 Å². The van der Waals surface area contributed by atoms with E-state index in [0.29, 0.717) is 18.0 Å². The summed E-state index contributed by atoms with van der Waals surface area (Å²) in [7, 11) is -2.05. The van der Waals surface area contributed by atoms with E-state index in [4.69, 9.17) is 11.6 Å². The predicted molar refractivity (Wildman–Crippen MR) is 149 cm³/mol. The summed E-state index contributed by atoms with van der Waals surface area (Å²) in [5.41, 5.74) is 1.57. The van der Waals surface area contributed by atoms with Gasteiger partial charge < -0.3 is 10.0 Å². The first kappa shape index (κ1) is 30.5. The highest BCUT2D eigenvalue weighted by atomic mass is 35.5. The van der Waals surface area contributed by atoms with E-state index in [-0.39, 0.29) is 34.2 Å². The molecule has 1 aliphatic carbocycles. The molecule has 1 saturated heterocycles. The summed E-state index contributed by atoms with van der Waals surface area (Å²) in [5, 5.41) is 9.73. The Morgan fingerprint density at radius 3 is 2.42 bits per heavy atom. The zero-order valence-electron chi connectivity index (χ0n) is 22.8. The second-order valence-corrected chi connectivity index (χ2v) is 13.3. The average molecular weight is 567 g/mol. The van der Waals surface area contributed by atoms with Gasteiger partial charge in [0.15, 0.2) is 0 Å². The van der Waals surface area contributed by atoms with E-state index in [1.54, 1.807) is 24.1 Å². The van der Waals surface area contributed by atoms with Crippen LogP contribution < -0.4 is 0 Å². The molecule has 0 radical (unpaired) electrons. The van der Waals surface area contributed by atoms with Gasteiger partial charge in [0.2, 0.25) is 15.9 Å². The highest BCUT2D eigenvalue weighted by molar-refractivity contribution is 7.89. The minimum atomic E-state index is -3.64. The summed E-state index contributed by atoms with van der Waals surface area (Å²) in [4.78, 5) is 13.7. The number of amides is 1. The van der Waals surface area contributed by atoms with Crippen LogP contribution in [0.4, 0.5) is 4.39 Å². The first-order chi connectivity index (χ1) is 17.9. The van der Waals surface area contributed by atoms with Gasteiger partial charge in [0.25, 0.3) is 0 Å². The Morgan fingerprint density at radius 1 is 1.24 bits per heavy atom. The molecule has 2 aromatic rings. The van der Waals surface area contributed by atoms with Crippen molar-refractivity contribution in [2.45, 2.75) is 82.8 Å². The molecular formula is C29H40ClFN2O4S. The predicted octanol–water partition coefficient (Wildman–Crippen LogP) is 5.59. The largest absolute Gasteiger partial charge is 0.391 e. The Bertz CT molecular complexity index is 1180. The maximum absolute atomic E-state index is 13.7. The number of unbranched alkanes of at least 4 members (excludes halogenated alkanes) is 1. The molecule has 4 rings (SSSR count). The van der Waals surface area contributed by atoms with Gasteiger partial charge in [-0.1, -0.05) is 44.4 Å². The van der Waals surface area contributed by atoms with E-state index >= 15 is 0 Å². The van der Waals surface area contributed by atoms with Crippen molar-refractivity contribution in [3.63, 3.8) is 0 Å². The van der Waals surface area contributed by atoms with Gasteiger partial charge in [-0.25, -0.2) is 12.8 Å². The Morgan fingerprint density at radius 2 is 1.89 bits per heavy atom. The minimum absolute atomic E-state index is 0.0654. The van der Waals surface area contributed by atoms with Gasteiger partial charge >= 0.3 is 0 Å². The van der Waals surface area contributed by atoms with Crippen molar-refractivity contribution in [1.29, 1.82) is 0 Å². The van der Waals surface area contributed by atoms with Crippen molar-refractivity contribution in [2.75, 3.05) is 20.1 Å². The zero-order chi connectivity index (χ0) is 28.1. The van der Waals surface area contributed by atoms with E-state index in [1.165, 1.54) is 28.6 Å². The highest BCUT2D eigenvalue weighted by Gasteiger charge is 2.48. The van der Waals surface area contributed by atoms with E-state index in [1.807, 2.05) is 19.9 Å². The van der Waals surface area contributed by atoms with Gasteiger partial charge in [0, 0.05) is 36.6 Å². The number of β-amino-alcohol motifs (C(OH)–C–C–N with tert-alkyl or cyclic N) is 1. The normalized spacial score (nSPS) is 19.2. The van der Waals surface area contributed by atoms with E-state index < -0.39 is 10.0 Å². The van der Waals surface area contributed by atoms with Crippen molar-refractivity contribution in [2.24, 2.45) is 5.41 Å². The number of carbonyl (C=O) groups excluding carboxylic acids is 1. The van der Waals surface area contributed by atoms with Gasteiger partial charge in [0.1, 0.15) is 5.82 Å². The molecule has 0 spiro atoms. The number of carbonyl (C=O) groups is 1. The summed E-state index contributed by atoms with van der Waals surface area (Å²) in [6.07, 6.45) is 5.58. The van der Waals surface area contributed by atoms with Crippen molar-refractivity contribution in [3.05, 3.63) is 64.4 Å². The molecule has 38 heavy (non-hydrogen) atoms. The Hall–Kier alpha value is -2.00. The first-order valence-corrected chi connectivity index (χ1v) is 15.1. The number of hydrogen-bond donors (Lipinski definition) is 1. The fraction of sp³-hybridized carbons (Fsp3) is 0.552. The molecule has 0 aromatic heterocycles. The Kier molecular flexibility index (Phi) is 10.4. The lowest BCUT2D eigenvalue weighted by Crippen LogP contribution is -2.38. The van der Waals surface area contributed by atoms with Crippen LogP contribution in [0.15, 0.2) is 47.4 Å². The van der Waals surface area contributed by atoms with Gasteiger partial charge in [-0.15, -0.1) is 0 Å². The quantitative estimate of drug-likeness (QED) is 0.429. The molecule has 2 aliphatic rings. The van der Waals surface area contributed by atoms with Gasteiger partial charge in [-0.3, -0.25) is 4.79 Å². The molecule has 1 aliphatic heterocycles. The number of aliphatic hydroxyl groups excluding tert-OH is 1. The standard InChI is InChI=1S/C20H25ClFNO2S.C9H15NO2/c1-4-5-6-19(14-16-11-15(2)12-18(22)13-16)23(3)26(24,25)20-9-7-17(21)8-10-20;1-9(3-4-9)8(12)10-5-2-7(11)6-10/h7-13,19H,4-6,14H2,1-3H3;7,11H,2-6H2,1H3. The number of likely N-dealkylation sites (N-methyl/N-ethyl adjacent to an activating group) is 1. The lowest BCUT2D eigenvalue weighted by molar-refractivity contribution is -0.135. The Balaban J connectivity index is 0.000000275. The van der Waals surface area contributed by atoms with Gasteiger partial charge in [-0.05, 0) is 86.6 Å². The molecule has 2 unspecified atom stereocenters. The van der Waals surface area contributed by atoms with Crippen LogP contribution in [0.5, 0.6) is 0 Å². The van der Waals surface area contributed by atoms with Crippen molar-refractivity contribution in [3.8, 4) is 0 Å². The number of nitrogens with zero attached hydrogens (tertiary/aromatic N) is 2. The lowest BCUT2D eigenvalue weighted by atomic mass is 10.00. The van der Waals surface area contributed by atoms with Crippen LogP contribution in [-0.4, -0.2) is 60.9 Å². The number of likely N-dealkylation sites (tertiary alicyclic amines) is 1. The first-order valence-electron chi connectivity index (χ1n) is 13.3. The minimum Gasteiger partial charge on any atom is -0.391 e. The number of hydrogen-bond acceptors (Lipinski definition) is 4. The monoisotopic (exact) mass is 566 g/mol. The summed E-state index contributed by atoms with van der Waals surface area (Å²) < 4.78 is 41.1. The molecule has 210 valence electrons. The average Bonchev–Trinajstić information content (AvgIpc) is 3.47. The summed E-state index contributed by atoms with van der Waals surface area (Å²) in [6, 6.07) is 10.8. The molecule has 1 saturated carbocycles. The van der Waals surface area contributed by atoms with Crippen LogP contribution in [-0.2, 0) is 21.2 Å². The topological polar surface area (TPSA) is 77.9 Å². The third-order valence-electron chi connectivity index (χ3n) is 7.44. The molecule has 2 fully saturated rings. The summed E-state index contributed by atoms with van der Waals surface area (Å²) >= 11 is 5.87. The maximum atomic E-state index is 13.7. The molecule has 0 bridgehead atoms. The van der Waals surface area contributed by atoms with Crippen LogP contribution >= 0.6 is 11.6 Å². The zero-order valence-corrected chi connectivity index (χ0v) is 24.4. The summed E-state index contributed by atoms with van der Waals surface area (Å²) in [6.45, 7) is 7.21. The van der Waals surface area contributed by atoms with Gasteiger partial charge in [0.05, 0.1) is 11.0 Å². The molecule has 9 heteroatoms. The number of rotatable bonds is 9. The number of halogens is 2. The third-order valence-corrected chi connectivity index (χ3v) is 9.61. The smallest absolute Gasteiger partial charge is 0.243 e. The van der Waals surface area contributed by atoms with Crippen LogP contribution in [0.2, 0.25) is 5.02 Å². The van der Waals surface area contributed by atoms with Crippen molar-refractivity contribution >= 4 is 27.5 Å². The van der Waals surface area contributed by atoms with E-state index in [0.717, 1.165) is 56.2 Å². The highest BCUT2D eigenvalue weighted by Crippen LogP contribution is 2.46. The Labute approximate surface area is 231 Å². The van der Waals surface area contributed by atoms with Crippen molar-refractivity contribution < 1.29 is 22.7 Å². The molecule has 1 N–H and O–H groups in total. The lowest BCUT2D eigenvalue weighted by Gasteiger charge is -2.28. The SMILES string of the molecule is CC1(C(=O)N2CCC(O)C2)CC1.CCCCC(Cc1cc(C)cc(F)c1)N(C)S(=O)(=O)c1ccc(Cl)cc1. The molecule has 1 heterocycles. The fourth-order valence-corrected chi connectivity index (χ4v) is 6.24. The van der Waals surface area contributed by atoms with Gasteiger partial charge in [-0.2, -0.15) is 4.31 Å². The van der Waals surface area contributed by atoms with Crippen LogP contribution in [0.25, 0.3) is 0 Å². The second-order valence-electron chi connectivity index (χ2n) is 10.9. The van der Waals surface area contributed by atoms with Crippen LogP contribution in [0, 0.1) is 18.2 Å². The number of benzene rings is 2. The molecule has 1 amide bonds. The molecular weight excluding hydrogens is 527 g/mol. The number of aliphatic hydroxyl groups is 1. The maximum Gasteiger partial charge on any atom is 0.243 e. The fourth-order valence-electron chi connectivity index (χ4n) is 4.73. The number of aryl methyl sites for hydroxylation is 1. The summed E-state index contributed by atoms with van der Waals surface area (Å²) in [5.74, 6) is -0.0449. The van der Waals surface area contributed by atoms with Crippen LogP contribution in [0.3, 0.4) is 0 Å². The van der Waals surface area contributed by atoms with Crippen LogP contribution in [0.1, 0.15) is 63.5 Å². The molecule has 2 aromatic carbocycles.